The van der Waals surface area contributed by atoms with Crippen LogP contribution in [0.3, 0.4) is 0 Å². The van der Waals surface area contributed by atoms with Crippen LogP contribution in [0.1, 0.15) is 29.5 Å². The van der Waals surface area contributed by atoms with Gasteiger partial charge in [0.1, 0.15) is 17.8 Å². The van der Waals surface area contributed by atoms with Crippen LogP contribution in [0, 0.1) is 20.8 Å². The van der Waals surface area contributed by atoms with Gasteiger partial charge in [0.2, 0.25) is 0 Å². The number of ether oxygens (including phenoxy) is 2. The van der Waals surface area contributed by atoms with Gasteiger partial charge < -0.3 is 9.47 Å². The topological polar surface area (TPSA) is 90.0 Å². The maximum absolute atomic E-state index is 12.8. The number of rotatable bonds is 6. The van der Waals surface area contributed by atoms with Gasteiger partial charge in [-0.15, -0.1) is 0 Å². The minimum Gasteiger partial charge on any atom is -0.343 e. The van der Waals surface area contributed by atoms with Crippen LogP contribution < -0.4 is 21.5 Å². The Morgan fingerprint density at radius 2 is 1.68 bits per heavy atom. The Labute approximate surface area is 213 Å². The maximum atomic E-state index is 12.8. The summed E-state index contributed by atoms with van der Waals surface area (Å²) in [5.41, 5.74) is 6.31. The number of nitrogens with one attached hydrogen (secondary N) is 2. The second-order valence-corrected chi connectivity index (χ2v) is 10.4. The molecule has 1 aromatic carbocycles. The van der Waals surface area contributed by atoms with Crippen molar-refractivity contribution in [3.63, 3.8) is 0 Å². The number of nitrogens with zero attached hydrogens (tertiary/aromatic N) is 4. The van der Waals surface area contributed by atoms with Gasteiger partial charge in [-0.1, -0.05) is 0 Å². The van der Waals surface area contributed by atoms with Crippen LogP contribution in [0.5, 0.6) is 0 Å². The average molecular weight is 517 g/mol. The monoisotopic (exact) mass is 516 g/mol. The zero-order valence-corrected chi connectivity index (χ0v) is 21.0. The molecular weight excluding hydrogens is 485 g/mol. The molecule has 37 heavy (non-hydrogen) atoms. The molecule has 198 valence electrons. The van der Waals surface area contributed by atoms with Gasteiger partial charge in [-0.3, -0.25) is 20.5 Å². The van der Waals surface area contributed by atoms with Crippen LogP contribution in [-0.4, -0.2) is 72.7 Å². The molecular formula is C26H31F3N6O2. The number of fused-ring (bicyclic) bond motifs is 1. The summed E-state index contributed by atoms with van der Waals surface area (Å²) in [5, 5.41) is 7.62. The molecule has 8 nitrogen and oxygen atoms in total. The molecule has 0 saturated carbocycles. The lowest BCUT2D eigenvalue weighted by atomic mass is 9.99. The van der Waals surface area contributed by atoms with E-state index in [1.165, 1.54) is 16.7 Å². The molecule has 3 fully saturated rings. The van der Waals surface area contributed by atoms with E-state index in [9.17, 15) is 13.2 Å². The molecule has 5 atom stereocenters. The van der Waals surface area contributed by atoms with Crippen molar-refractivity contribution in [2.24, 2.45) is 9.98 Å². The molecule has 3 saturated heterocycles. The Balaban J connectivity index is 1.02. The quantitative estimate of drug-likeness (QED) is 0.570. The highest BCUT2D eigenvalue weighted by molar-refractivity contribution is 5.62. The molecule has 0 amide bonds. The van der Waals surface area contributed by atoms with Gasteiger partial charge >= 0.3 is 6.18 Å². The number of epoxide rings is 2. The molecule has 2 N–H and O–H groups in total. The second kappa shape index (κ2) is 9.39. The Bertz CT molecular complexity index is 1290. The van der Waals surface area contributed by atoms with E-state index in [-0.39, 0.29) is 24.7 Å². The van der Waals surface area contributed by atoms with Gasteiger partial charge in [0.15, 0.2) is 24.0 Å². The summed E-state index contributed by atoms with van der Waals surface area (Å²) >= 11 is 0. The number of likely N-dealkylation sites (tertiary alicyclic amines) is 1. The van der Waals surface area contributed by atoms with Crippen molar-refractivity contribution < 1.29 is 22.6 Å². The average Bonchev–Trinajstić information content (AvgIpc) is 3.79. The molecule has 4 aliphatic rings. The molecule has 6 rings (SSSR count). The summed E-state index contributed by atoms with van der Waals surface area (Å²) in [7, 11) is 0. The molecule has 5 unspecified atom stereocenters. The van der Waals surface area contributed by atoms with Crippen molar-refractivity contribution in [3.8, 4) is 11.3 Å². The molecule has 11 heteroatoms. The standard InChI is InChI=1S/C26H31F3N6O2/c1-13-10-16(11-14(2)15(13)3)18-4-5-19-22(32-18)33-20(12-30-19)34-24-23(37-24)31-17-6-8-35(9-7-17)25-21(36-25)26(27,28)29/h4-5,10-11,17,20-21,23-25,31,34H,6-9,12H2,1-3H3. The van der Waals surface area contributed by atoms with E-state index < -0.39 is 18.5 Å². The third-order valence-electron chi connectivity index (χ3n) is 7.72. The lowest BCUT2D eigenvalue weighted by molar-refractivity contribution is -0.147. The third-order valence-corrected chi connectivity index (χ3v) is 7.72. The second-order valence-electron chi connectivity index (χ2n) is 10.4. The fraction of sp³-hybridized carbons (Fsp3) is 0.577. The zero-order valence-electron chi connectivity index (χ0n) is 21.0. The Morgan fingerprint density at radius 3 is 2.35 bits per heavy atom. The molecule has 0 bridgehead atoms. The van der Waals surface area contributed by atoms with E-state index in [0.717, 1.165) is 29.5 Å². The summed E-state index contributed by atoms with van der Waals surface area (Å²) in [6.45, 7) is 7.99. The minimum absolute atomic E-state index is 0.147. The van der Waals surface area contributed by atoms with Gasteiger partial charge in [-0.05, 0) is 74.6 Å². The number of pyridine rings is 1. The molecule has 0 radical (unpaired) electrons. The van der Waals surface area contributed by atoms with Crippen LogP contribution in [0.4, 0.5) is 13.2 Å². The first kappa shape index (κ1) is 24.9. The maximum Gasteiger partial charge on any atom is 0.418 e. The smallest absolute Gasteiger partial charge is 0.343 e. The third kappa shape index (κ3) is 5.28. The van der Waals surface area contributed by atoms with E-state index >= 15 is 0 Å². The predicted octanol–water partition coefficient (Wildman–Crippen LogP) is 1.87. The minimum atomic E-state index is -4.28. The van der Waals surface area contributed by atoms with Crippen LogP contribution in [0.15, 0.2) is 34.3 Å². The van der Waals surface area contributed by atoms with E-state index in [0.29, 0.717) is 25.1 Å². The molecule has 5 heterocycles. The van der Waals surface area contributed by atoms with Crippen LogP contribution in [0.2, 0.25) is 0 Å². The fourth-order valence-corrected chi connectivity index (χ4v) is 5.20. The van der Waals surface area contributed by atoms with Gasteiger partial charge in [0.25, 0.3) is 0 Å². The zero-order chi connectivity index (χ0) is 25.9. The van der Waals surface area contributed by atoms with Crippen LogP contribution in [0.25, 0.3) is 11.3 Å². The van der Waals surface area contributed by atoms with Gasteiger partial charge in [-0.25, -0.2) is 9.98 Å². The van der Waals surface area contributed by atoms with Crippen molar-refractivity contribution in [1.82, 2.24) is 20.5 Å². The number of piperidine rings is 1. The van der Waals surface area contributed by atoms with E-state index in [2.05, 4.69) is 48.5 Å². The summed E-state index contributed by atoms with van der Waals surface area (Å²) in [4.78, 5) is 16.0. The highest BCUT2D eigenvalue weighted by atomic mass is 19.4. The number of benzene rings is 1. The first-order valence-electron chi connectivity index (χ1n) is 12.8. The summed E-state index contributed by atoms with van der Waals surface area (Å²) in [5.74, 6) is 0. The van der Waals surface area contributed by atoms with Crippen molar-refractivity contribution in [2.75, 3.05) is 19.6 Å². The number of hydrogen-bond acceptors (Lipinski definition) is 8. The molecule has 4 aliphatic heterocycles. The Kier molecular flexibility index (Phi) is 6.31. The molecule has 2 aromatic rings. The fourth-order valence-electron chi connectivity index (χ4n) is 5.20. The van der Waals surface area contributed by atoms with E-state index in [4.69, 9.17) is 19.5 Å². The van der Waals surface area contributed by atoms with Gasteiger partial charge in [0, 0.05) is 24.7 Å². The highest BCUT2D eigenvalue weighted by Crippen LogP contribution is 2.40. The van der Waals surface area contributed by atoms with Gasteiger partial charge in [0.05, 0.1) is 12.2 Å². The number of hydrogen-bond donors (Lipinski definition) is 2. The van der Waals surface area contributed by atoms with Crippen LogP contribution >= 0.6 is 0 Å². The van der Waals surface area contributed by atoms with E-state index in [1.54, 1.807) is 4.90 Å². The lowest BCUT2D eigenvalue weighted by Gasteiger charge is -2.31. The molecule has 1 aromatic heterocycles. The highest BCUT2D eigenvalue weighted by Gasteiger charge is 2.60. The summed E-state index contributed by atoms with van der Waals surface area (Å²) in [6, 6.07) is 8.45. The van der Waals surface area contributed by atoms with Crippen molar-refractivity contribution >= 4 is 0 Å². The van der Waals surface area contributed by atoms with Crippen molar-refractivity contribution in [1.29, 1.82) is 0 Å². The first-order valence-corrected chi connectivity index (χ1v) is 12.8. The van der Waals surface area contributed by atoms with E-state index in [1.807, 2.05) is 12.1 Å². The summed E-state index contributed by atoms with van der Waals surface area (Å²) < 4.78 is 48.9. The lowest BCUT2D eigenvalue weighted by Crippen LogP contribution is -2.47. The Hall–Kier alpha value is -2.44. The number of aryl methyl sites for hydroxylation is 2. The predicted molar refractivity (Wildman–Crippen MR) is 129 cm³/mol. The van der Waals surface area contributed by atoms with Crippen molar-refractivity contribution in [2.45, 2.75) is 76.8 Å². The molecule has 0 aliphatic carbocycles. The normalized spacial score (nSPS) is 29.8. The summed E-state index contributed by atoms with van der Waals surface area (Å²) in [6.07, 6.45) is -5.81. The van der Waals surface area contributed by atoms with Crippen LogP contribution in [-0.2, 0) is 9.47 Å². The number of halogens is 3. The number of aromatic nitrogens is 1. The molecule has 0 spiro atoms. The first-order chi connectivity index (χ1) is 17.7. The Morgan fingerprint density at radius 1 is 0.973 bits per heavy atom. The van der Waals surface area contributed by atoms with Gasteiger partial charge in [-0.2, -0.15) is 13.2 Å². The largest absolute Gasteiger partial charge is 0.418 e. The number of alkyl halides is 3. The van der Waals surface area contributed by atoms with Crippen molar-refractivity contribution in [3.05, 3.63) is 51.8 Å². The SMILES string of the molecule is Cc1cc(-c2ccc3c(n2)=NC(NC2OC2NC2CCN(C4OC4C(F)(F)F)CC2)CN=3)cc(C)c1C.